The van der Waals surface area contributed by atoms with Crippen LogP contribution in [-0.2, 0) is 14.3 Å². The average molecular weight is 479 g/mol. The van der Waals surface area contributed by atoms with Crippen LogP contribution < -0.4 is 0 Å². The SMILES string of the molecule is C=CCOC(=O)CC(CCCCCCCCCCCCCCCC/C=C/CCCCC)C(=O)O. The van der Waals surface area contributed by atoms with Crippen molar-refractivity contribution < 1.29 is 19.4 Å². The topological polar surface area (TPSA) is 63.6 Å². The van der Waals surface area contributed by atoms with Gasteiger partial charge in [0.1, 0.15) is 6.61 Å². The number of unbranched alkanes of at least 4 members (excludes halogenated alkanes) is 17. The number of hydrogen-bond donors (Lipinski definition) is 1. The van der Waals surface area contributed by atoms with E-state index in [9.17, 15) is 14.7 Å². The first-order valence-electron chi connectivity index (χ1n) is 14.3. The first-order valence-corrected chi connectivity index (χ1v) is 14.3. The zero-order chi connectivity index (χ0) is 25.1. The summed E-state index contributed by atoms with van der Waals surface area (Å²) >= 11 is 0. The van der Waals surface area contributed by atoms with E-state index < -0.39 is 17.9 Å². The molecule has 1 N–H and O–H groups in total. The molecule has 0 rings (SSSR count). The highest BCUT2D eigenvalue weighted by Gasteiger charge is 2.21. The number of carbonyl (C=O) groups excluding carboxylic acids is 1. The van der Waals surface area contributed by atoms with E-state index in [1.165, 1.54) is 109 Å². The molecule has 0 saturated carbocycles. The molecule has 0 aliphatic carbocycles. The van der Waals surface area contributed by atoms with Gasteiger partial charge in [0.05, 0.1) is 12.3 Å². The third kappa shape index (κ3) is 23.6. The van der Waals surface area contributed by atoms with Gasteiger partial charge < -0.3 is 9.84 Å². The Bertz CT molecular complexity index is 512. The molecule has 198 valence electrons. The molecule has 0 aliphatic rings. The van der Waals surface area contributed by atoms with Gasteiger partial charge in [-0.15, -0.1) is 0 Å². The fourth-order valence-corrected chi connectivity index (χ4v) is 4.25. The second-order valence-electron chi connectivity index (χ2n) is 9.71. The molecule has 0 aromatic rings. The number of carboxylic acid groups (broad SMARTS) is 1. The third-order valence-electron chi connectivity index (χ3n) is 6.44. The van der Waals surface area contributed by atoms with Crippen LogP contribution in [0.4, 0.5) is 0 Å². The molecule has 4 nitrogen and oxygen atoms in total. The van der Waals surface area contributed by atoms with E-state index in [-0.39, 0.29) is 13.0 Å². The van der Waals surface area contributed by atoms with Crippen LogP contribution in [0.5, 0.6) is 0 Å². The van der Waals surface area contributed by atoms with Gasteiger partial charge in [0, 0.05) is 0 Å². The highest BCUT2D eigenvalue weighted by atomic mass is 16.5. The van der Waals surface area contributed by atoms with Crippen molar-refractivity contribution in [2.75, 3.05) is 6.61 Å². The maximum absolute atomic E-state index is 11.6. The normalized spacial score (nSPS) is 12.1. The van der Waals surface area contributed by atoms with Crippen LogP contribution in [0.25, 0.3) is 0 Å². The zero-order valence-corrected chi connectivity index (χ0v) is 22.2. The van der Waals surface area contributed by atoms with E-state index in [1.807, 2.05) is 0 Å². The Hall–Kier alpha value is -1.58. The summed E-state index contributed by atoms with van der Waals surface area (Å²) in [5.41, 5.74) is 0. The molecule has 0 bridgehead atoms. The van der Waals surface area contributed by atoms with Gasteiger partial charge in [-0.3, -0.25) is 9.59 Å². The Morgan fingerprint density at radius 2 is 1.18 bits per heavy atom. The second-order valence-corrected chi connectivity index (χ2v) is 9.71. The summed E-state index contributed by atoms with van der Waals surface area (Å²) in [4.78, 5) is 22.9. The molecule has 0 radical (unpaired) electrons. The van der Waals surface area contributed by atoms with E-state index in [4.69, 9.17) is 4.74 Å². The number of carboxylic acids is 1. The summed E-state index contributed by atoms with van der Waals surface area (Å²) in [6.45, 7) is 5.88. The third-order valence-corrected chi connectivity index (χ3v) is 6.44. The minimum atomic E-state index is -0.902. The fourth-order valence-electron chi connectivity index (χ4n) is 4.25. The number of esters is 1. The fraction of sp³-hybridized carbons (Fsp3) is 0.800. The van der Waals surface area contributed by atoms with E-state index in [0.29, 0.717) is 6.42 Å². The van der Waals surface area contributed by atoms with Crippen molar-refractivity contribution in [1.82, 2.24) is 0 Å². The molecule has 0 amide bonds. The Morgan fingerprint density at radius 1 is 0.735 bits per heavy atom. The van der Waals surface area contributed by atoms with E-state index >= 15 is 0 Å². The van der Waals surface area contributed by atoms with E-state index in [0.717, 1.165) is 19.3 Å². The van der Waals surface area contributed by atoms with E-state index in [1.54, 1.807) is 0 Å². The van der Waals surface area contributed by atoms with Gasteiger partial charge >= 0.3 is 11.9 Å². The van der Waals surface area contributed by atoms with Crippen LogP contribution in [-0.4, -0.2) is 23.7 Å². The van der Waals surface area contributed by atoms with E-state index in [2.05, 4.69) is 25.7 Å². The Kier molecular flexibility index (Phi) is 24.8. The van der Waals surface area contributed by atoms with Crippen molar-refractivity contribution in [1.29, 1.82) is 0 Å². The molecule has 1 atom stereocenters. The first kappa shape index (κ1) is 32.4. The second kappa shape index (κ2) is 26.0. The van der Waals surface area contributed by atoms with Crippen molar-refractivity contribution in [3.63, 3.8) is 0 Å². The lowest BCUT2D eigenvalue weighted by Crippen LogP contribution is -2.19. The van der Waals surface area contributed by atoms with Gasteiger partial charge in [-0.25, -0.2) is 0 Å². The number of allylic oxidation sites excluding steroid dienone is 2. The van der Waals surface area contributed by atoms with Gasteiger partial charge in [0.2, 0.25) is 0 Å². The quantitative estimate of drug-likeness (QED) is 0.0764. The Balaban J connectivity index is 3.37. The summed E-state index contributed by atoms with van der Waals surface area (Å²) in [7, 11) is 0. The summed E-state index contributed by atoms with van der Waals surface area (Å²) in [5.74, 6) is -1.98. The molecule has 0 fully saturated rings. The summed E-state index contributed by atoms with van der Waals surface area (Å²) in [6, 6.07) is 0. The molecule has 0 spiro atoms. The zero-order valence-electron chi connectivity index (χ0n) is 22.2. The number of aliphatic carboxylic acids is 1. The molecule has 0 aromatic heterocycles. The minimum Gasteiger partial charge on any atom is -0.481 e. The van der Waals surface area contributed by atoms with Crippen molar-refractivity contribution in [2.24, 2.45) is 5.92 Å². The standard InChI is InChI=1S/C30H54O4/c1-3-5-6-7-8-9-10-11-12-13-14-15-16-17-18-19-20-21-22-23-24-25-28(30(32)33)27-29(31)34-26-4-2/h4,8-9,28H,2-3,5-7,10-27H2,1H3,(H,32,33)/b9-8+. The lowest BCUT2D eigenvalue weighted by molar-refractivity contribution is -0.151. The Labute approximate surface area is 210 Å². The van der Waals surface area contributed by atoms with Crippen molar-refractivity contribution in [2.45, 2.75) is 142 Å². The number of ether oxygens (including phenoxy) is 1. The summed E-state index contributed by atoms with van der Waals surface area (Å²) < 4.78 is 4.90. The van der Waals surface area contributed by atoms with Crippen LogP contribution in [0.15, 0.2) is 24.8 Å². The highest BCUT2D eigenvalue weighted by Crippen LogP contribution is 2.17. The van der Waals surface area contributed by atoms with Crippen LogP contribution >= 0.6 is 0 Å². The first-order chi connectivity index (χ1) is 16.6. The lowest BCUT2D eigenvalue weighted by atomic mass is 9.97. The van der Waals surface area contributed by atoms with Crippen molar-refractivity contribution >= 4 is 11.9 Å². The van der Waals surface area contributed by atoms with Crippen molar-refractivity contribution in [3.05, 3.63) is 24.8 Å². The predicted molar refractivity (Wildman–Crippen MR) is 144 cm³/mol. The molecule has 0 aliphatic heterocycles. The summed E-state index contributed by atoms with van der Waals surface area (Å²) in [5, 5.41) is 9.28. The van der Waals surface area contributed by atoms with Crippen LogP contribution in [0.2, 0.25) is 0 Å². The van der Waals surface area contributed by atoms with Gasteiger partial charge in [-0.1, -0.05) is 128 Å². The van der Waals surface area contributed by atoms with Crippen LogP contribution in [0, 0.1) is 5.92 Å². The summed E-state index contributed by atoms with van der Waals surface area (Å²) in [6.07, 6.45) is 31.2. The highest BCUT2D eigenvalue weighted by molar-refractivity contribution is 5.78. The molecule has 0 heterocycles. The maximum Gasteiger partial charge on any atom is 0.307 e. The monoisotopic (exact) mass is 478 g/mol. The maximum atomic E-state index is 11.6. The molecule has 1 unspecified atom stereocenters. The smallest absolute Gasteiger partial charge is 0.307 e. The van der Waals surface area contributed by atoms with Crippen LogP contribution in [0.1, 0.15) is 142 Å². The number of carbonyl (C=O) groups is 2. The molecule has 4 heteroatoms. The molecular weight excluding hydrogens is 424 g/mol. The van der Waals surface area contributed by atoms with Crippen LogP contribution in [0.3, 0.4) is 0 Å². The average Bonchev–Trinajstić information content (AvgIpc) is 2.82. The molecule has 34 heavy (non-hydrogen) atoms. The van der Waals surface area contributed by atoms with Gasteiger partial charge in [0.25, 0.3) is 0 Å². The predicted octanol–water partition coefficient (Wildman–Crippen LogP) is 9.18. The number of rotatable bonds is 26. The lowest BCUT2D eigenvalue weighted by Gasteiger charge is -2.11. The molecule has 0 aromatic carbocycles. The molecule has 0 saturated heterocycles. The number of hydrogen-bond acceptors (Lipinski definition) is 3. The van der Waals surface area contributed by atoms with Crippen molar-refractivity contribution in [3.8, 4) is 0 Å². The Morgan fingerprint density at radius 3 is 1.62 bits per heavy atom. The van der Waals surface area contributed by atoms with Gasteiger partial charge in [0.15, 0.2) is 0 Å². The minimum absolute atomic E-state index is 0.0420. The van der Waals surface area contributed by atoms with Gasteiger partial charge in [-0.2, -0.15) is 0 Å². The molecular formula is C30H54O4. The van der Waals surface area contributed by atoms with Gasteiger partial charge in [-0.05, 0) is 32.1 Å². The largest absolute Gasteiger partial charge is 0.481 e.